The molecule has 0 fully saturated rings. The molecule has 0 spiro atoms. The minimum absolute atomic E-state index is 0.0127. The summed E-state index contributed by atoms with van der Waals surface area (Å²) in [6.45, 7) is 3.69. The van der Waals surface area contributed by atoms with E-state index in [9.17, 15) is 4.57 Å². The Balaban J connectivity index is 2.31. The van der Waals surface area contributed by atoms with Crippen LogP contribution in [0.3, 0.4) is 0 Å². The molecule has 0 heterocycles. The first-order valence-corrected chi connectivity index (χ1v) is 8.37. The van der Waals surface area contributed by atoms with Crippen LogP contribution in [0.1, 0.15) is 25.0 Å². The first kappa shape index (κ1) is 16.7. The molecule has 0 atom stereocenters. The van der Waals surface area contributed by atoms with Gasteiger partial charge < -0.3 is 19.6 Å². The Labute approximate surface area is 129 Å². The van der Waals surface area contributed by atoms with E-state index in [-0.39, 0.29) is 17.5 Å². The second kappa shape index (κ2) is 6.23. The number of aliphatic hydroxyl groups excluding tert-OH is 1. The molecule has 6 heteroatoms. The molecule has 3 N–H and O–H groups in total. The zero-order chi connectivity index (χ0) is 16.4. The van der Waals surface area contributed by atoms with Crippen molar-refractivity contribution in [2.24, 2.45) is 0 Å². The average molecular weight is 322 g/mol. The summed E-state index contributed by atoms with van der Waals surface area (Å²) < 4.78 is 16.2. The number of ether oxygens (including phenoxy) is 1. The topological polar surface area (TPSA) is 87.0 Å². The van der Waals surface area contributed by atoms with E-state index in [1.165, 1.54) is 12.1 Å². The Hall–Kier alpha value is -1.65. The summed E-state index contributed by atoms with van der Waals surface area (Å²) in [6.07, 6.45) is 0. The highest BCUT2D eigenvalue weighted by Gasteiger charge is 2.24. The van der Waals surface area contributed by atoms with Crippen LogP contribution in [-0.2, 0) is 9.98 Å². The molecule has 0 aliphatic carbocycles. The molecule has 0 saturated heterocycles. The van der Waals surface area contributed by atoms with Crippen LogP contribution in [0.25, 0.3) is 0 Å². The first-order chi connectivity index (χ1) is 10.2. The van der Waals surface area contributed by atoms with Gasteiger partial charge in [0, 0.05) is 5.41 Å². The third-order valence-corrected chi connectivity index (χ3v) is 4.70. The number of aliphatic hydroxyl groups is 1. The number of rotatable bonds is 5. The maximum Gasteiger partial charge on any atom is 0.356 e. The number of hydrogen-bond donors (Lipinski definition) is 3. The average Bonchev–Trinajstić information content (AvgIpc) is 2.47. The standard InChI is InChI=1S/C16H19O5P/c1-16(2,12-3-7-14(8-4-12)21-11-17)13-5-9-15(10-6-13)22(18,19)20/h3-10,17H,11H2,1-2H3,(H2,18,19,20). The largest absolute Gasteiger partial charge is 0.468 e. The van der Waals surface area contributed by atoms with Crippen molar-refractivity contribution in [3.05, 3.63) is 59.7 Å². The molecule has 0 amide bonds. The van der Waals surface area contributed by atoms with Crippen LogP contribution in [0.4, 0.5) is 0 Å². The normalized spacial score (nSPS) is 12.2. The van der Waals surface area contributed by atoms with Gasteiger partial charge in [-0.3, -0.25) is 4.57 Å². The second-order valence-corrected chi connectivity index (χ2v) is 7.12. The van der Waals surface area contributed by atoms with Crippen molar-refractivity contribution < 1.29 is 24.2 Å². The Morgan fingerprint density at radius 1 is 0.955 bits per heavy atom. The lowest BCUT2D eigenvalue weighted by molar-refractivity contribution is 0.0985. The zero-order valence-corrected chi connectivity index (χ0v) is 13.3. The predicted molar refractivity (Wildman–Crippen MR) is 84.4 cm³/mol. The zero-order valence-electron chi connectivity index (χ0n) is 12.4. The quantitative estimate of drug-likeness (QED) is 0.580. The summed E-state index contributed by atoms with van der Waals surface area (Å²) in [5.74, 6) is 0.582. The highest BCUT2D eigenvalue weighted by molar-refractivity contribution is 7.60. The van der Waals surface area contributed by atoms with Crippen molar-refractivity contribution in [2.75, 3.05) is 6.79 Å². The van der Waals surface area contributed by atoms with Crippen molar-refractivity contribution in [3.63, 3.8) is 0 Å². The fourth-order valence-corrected chi connectivity index (χ4v) is 2.82. The van der Waals surface area contributed by atoms with Gasteiger partial charge >= 0.3 is 7.60 Å². The van der Waals surface area contributed by atoms with E-state index in [0.717, 1.165) is 11.1 Å². The molecule has 118 valence electrons. The van der Waals surface area contributed by atoms with Crippen molar-refractivity contribution in [1.82, 2.24) is 0 Å². The summed E-state index contributed by atoms with van der Waals surface area (Å²) >= 11 is 0. The second-order valence-electron chi connectivity index (χ2n) is 5.51. The van der Waals surface area contributed by atoms with Crippen LogP contribution in [0, 0.1) is 0 Å². The molecule has 0 saturated carbocycles. The maximum absolute atomic E-state index is 11.2. The van der Waals surface area contributed by atoms with E-state index in [2.05, 4.69) is 0 Å². The third kappa shape index (κ3) is 3.57. The highest BCUT2D eigenvalue weighted by atomic mass is 31.2. The Morgan fingerprint density at radius 3 is 1.82 bits per heavy atom. The lowest BCUT2D eigenvalue weighted by Crippen LogP contribution is -2.19. The van der Waals surface area contributed by atoms with Crippen LogP contribution >= 0.6 is 7.60 Å². The van der Waals surface area contributed by atoms with E-state index in [1.807, 2.05) is 26.0 Å². The molecule has 0 bridgehead atoms. The summed E-state index contributed by atoms with van der Waals surface area (Å²) in [6, 6.07) is 13.7. The molecule has 0 aliphatic rings. The van der Waals surface area contributed by atoms with Gasteiger partial charge in [-0.15, -0.1) is 0 Å². The minimum Gasteiger partial charge on any atom is -0.468 e. The lowest BCUT2D eigenvalue weighted by atomic mass is 9.78. The predicted octanol–water partition coefficient (Wildman–Crippen LogP) is 2.14. The fourth-order valence-electron chi connectivity index (χ4n) is 2.28. The van der Waals surface area contributed by atoms with Crippen LogP contribution < -0.4 is 10.0 Å². The molecule has 2 aromatic carbocycles. The minimum atomic E-state index is -4.22. The number of hydrogen-bond acceptors (Lipinski definition) is 3. The van der Waals surface area contributed by atoms with E-state index >= 15 is 0 Å². The van der Waals surface area contributed by atoms with Crippen LogP contribution in [0.2, 0.25) is 0 Å². The molecule has 0 aromatic heterocycles. The van der Waals surface area contributed by atoms with Crippen LogP contribution in [0.15, 0.2) is 48.5 Å². The van der Waals surface area contributed by atoms with Crippen molar-refractivity contribution in [1.29, 1.82) is 0 Å². The van der Waals surface area contributed by atoms with Crippen LogP contribution in [0.5, 0.6) is 5.75 Å². The molecular weight excluding hydrogens is 303 g/mol. The van der Waals surface area contributed by atoms with Gasteiger partial charge in [0.2, 0.25) is 0 Å². The van der Waals surface area contributed by atoms with Crippen molar-refractivity contribution >= 4 is 12.9 Å². The van der Waals surface area contributed by atoms with Gasteiger partial charge in [0.05, 0.1) is 5.30 Å². The molecule has 5 nitrogen and oxygen atoms in total. The smallest absolute Gasteiger partial charge is 0.356 e. The molecular formula is C16H19O5P. The summed E-state index contributed by atoms with van der Waals surface area (Å²) in [5, 5.41) is 8.75. The van der Waals surface area contributed by atoms with Crippen molar-refractivity contribution in [3.8, 4) is 5.75 Å². The first-order valence-electron chi connectivity index (χ1n) is 6.76. The third-order valence-electron chi connectivity index (χ3n) is 3.73. The van der Waals surface area contributed by atoms with Gasteiger partial charge in [0.1, 0.15) is 5.75 Å². The monoisotopic (exact) mass is 322 g/mol. The van der Waals surface area contributed by atoms with Gasteiger partial charge in [-0.2, -0.15) is 0 Å². The van der Waals surface area contributed by atoms with Gasteiger partial charge in [0.15, 0.2) is 6.79 Å². The van der Waals surface area contributed by atoms with Gasteiger partial charge in [0.25, 0.3) is 0 Å². The van der Waals surface area contributed by atoms with E-state index in [0.29, 0.717) is 5.75 Å². The maximum atomic E-state index is 11.2. The lowest BCUT2D eigenvalue weighted by Gasteiger charge is -2.26. The van der Waals surface area contributed by atoms with E-state index in [1.54, 1.807) is 24.3 Å². The van der Waals surface area contributed by atoms with Gasteiger partial charge in [-0.1, -0.05) is 38.1 Å². The summed E-state index contributed by atoms with van der Waals surface area (Å²) in [5.41, 5.74) is 1.65. The van der Waals surface area contributed by atoms with E-state index < -0.39 is 7.60 Å². The molecule has 22 heavy (non-hydrogen) atoms. The van der Waals surface area contributed by atoms with Gasteiger partial charge in [-0.05, 0) is 35.4 Å². The van der Waals surface area contributed by atoms with Crippen LogP contribution in [-0.4, -0.2) is 21.7 Å². The molecule has 0 unspecified atom stereocenters. The molecule has 2 rings (SSSR count). The van der Waals surface area contributed by atoms with Gasteiger partial charge in [-0.25, -0.2) is 0 Å². The van der Waals surface area contributed by atoms with Crippen molar-refractivity contribution in [2.45, 2.75) is 19.3 Å². The Bertz CT molecular complexity index is 671. The number of benzene rings is 2. The molecule has 0 aliphatic heterocycles. The Kier molecular flexibility index (Phi) is 4.73. The summed E-state index contributed by atoms with van der Waals surface area (Å²) in [7, 11) is -4.22. The highest BCUT2D eigenvalue weighted by Crippen LogP contribution is 2.36. The Morgan fingerprint density at radius 2 is 1.41 bits per heavy atom. The van der Waals surface area contributed by atoms with E-state index in [4.69, 9.17) is 19.6 Å². The SMILES string of the molecule is CC(C)(c1ccc(OCO)cc1)c1ccc(P(=O)(O)O)cc1. The summed E-state index contributed by atoms with van der Waals surface area (Å²) in [4.78, 5) is 18.3. The molecule has 0 radical (unpaired) electrons. The molecule has 2 aromatic rings. The fraction of sp³-hybridized carbons (Fsp3) is 0.250.